The number of nitrogens with one attached hydrogen (secondary N) is 1. The van der Waals surface area contributed by atoms with Crippen LogP contribution in [0.1, 0.15) is 66.1 Å². The molecule has 6 rings (SSSR count). The minimum atomic E-state index is -0.501. The number of rotatable bonds is 7. The molecule has 210 valence electrons. The Morgan fingerprint density at radius 2 is 1.80 bits per heavy atom. The van der Waals surface area contributed by atoms with Crippen molar-refractivity contribution in [2.75, 3.05) is 40.4 Å². The van der Waals surface area contributed by atoms with Gasteiger partial charge in [0.1, 0.15) is 6.04 Å². The van der Waals surface area contributed by atoms with Crippen molar-refractivity contribution in [1.29, 1.82) is 0 Å². The number of pyridine rings is 1. The van der Waals surface area contributed by atoms with Gasteiger partial charge in [0.05, 0.1) is 32.0 Å². The van der Waals surface area contributed by atoms with E-state index >= 15 is 0 Å². The molecule has 1 aromatic carbocycles. The second-order valence-corrected chi connectivity index (χ2v) is 10.3. The van der Waals surface area contributed by atoms with E-state index in [4.69, 9.17) is 13.9 Å². The fourth-order valence-corrected chi connectivity index (χ4v) is 5.96. The van der Waals surface area contributed by atoms with E-state index in [2.05, 4.69) is 25.4 Å². The third kappa shape index (κ3) is 4.83. The molecule has 2 aliphatic rings. The first-order valence-corrected chi connectivity index (χ1v) is 13.7. The smallest absolute Gasteiger partial charge is 0.289 e. The highest BCUT2D eigenvalue weighted by Crippen LogP contribution is 2.35. The van der Waals surface area contributed by atoms with E-state index in [0.717, 1.165) is 31.1 Å². The number of carbonyl (C=O) groups excluding carboxylic acids is 1. The topological polar surface area (TPSA) is 132 Å². The van der Waals surface area contributed by atoms with Gasteiger partial charge in [0.15, 0.2) is 23.1 Å². The van der Waals surface area contributed by atoms with Crippen molar-refractivity contribution in [1.82, 2.24) is 35.0 Å². The van der Waals surface area contributed by atoms with Gasteiger partial charge in [0.25, 0.3) is 11.5 Å². The molecule has 12 nitrogen and oxygen atoms in total. The summed E-state index contributed by atoms with van der Waals surface area (Å²) in [6.45, 7) is 2.05. The van der Waals surface area contributed by atoms with Gasteiger partial charge < -0.3 is 23.8 Å². The SMILES string of the molecule is COc1cc2cc([C@H](c3nnnn3C3CCCCC3)N3CCN(C(=O)c4ccco4)CC3)c(=O)[nH]c2cc1OC. The number of carbonyl (C=O) groups is 1. The number of methoxy groups -OCH3 is 2. The van der Waals surface area contributed by atoms with E-state index in [1.165, 1.54) is 12.7 Å². The van der Waals surface area contributed by atoms with Crippen molar-refractivity contribution in [2.45, 2.75) is 44.2 Å². The zero-order chi connectivity index (χ0) is 27.6. The van der Waals surface area contributed by atoms with E-state index in [1.807, 2.05) is 16.8 Å². The monoisotopic (exact) mass is 547 g/mol. The lowest BCUT2D eigenvalue weighted by Gasteiger charge is -2.38. The molecule has 0 spiro atoms. The van der Waals surface area contributed by atoms with Crippen LogP contribution in [0.3, 0.4) is 0 Å². The van der Waals surface area contributed by atoms with Crippen molar-refractivity contribution in [3.8, 4) is 11.5 Å². The molecule has 3 aromatic heterocycles. The van der Waals surface area contributed by atoms with Crippen molar-refractivity contribution in [3.05, 3.63) is 64.1 Å². The van der Waals surface area contributed by atoms with Crippen LogP contribution in [0.15, 0.2) is 45.8 Å². The standard InChI is InChI=1S/C28H33N7O5/c1-38-23-16-18-15-20(27(36)29-21(18)17-24(23)39-2)25(26-30-31-32-35(26)19-7-4-3-5-8-19)33-10-12-34(13-11-33)28(37)22-9-6-14-40-22/h6,9,14-17,19,25H,3-5,7-8,10-13H2,1-2H3,(H,29,36)/t25-/m1/s1. The Labute approximate surface area is 230 Å². The Hall–Kier alpha value is -4.19. The number of aromatic amines is 1. The lowest BCUT2D eigenvalue weighted by molar-refractivity contribution is 0.0556. The third-order valence-electron chi connectivity index (χ3n) is 8.05. The summed E-state index contributed by atoms with van der Waals surface area (Å²) in [7, 11) is 3.15. The normalized spacial score (nSPS) is 17.7. The molecular weight excluding hydrogens is 514 g/mol. The number of hydrogen-bond donors (Lipinski definition) is 1. The van der Waals surface area contributed by atoms with Crippen LogP contribution in [0.2, 0.25) is 0 Å². The molecule has 1 atom stereocenters. The zero-order valence-electron chi connectivity index (χ0n) is 22.7. The van der Waals surface area contributed by atoms with Gasteiger partial charge in [-0.25, -0.2) is 4.68 Å². The molecule has 1 aliphatic carbocycles. The lowest BCUT2D eigenvalue weighted by Crippen LogP contribution is -2.51. The summed E-state index contributed by atoms with van der Waals surface area (Å²) in [5.41, 5.74) is 0.959. The number of nitrogens with zero attached hydrogens (tertiary/aromatic N) is 6. The molecule has 12 heteroatoms. The molecule has 2 fully saturated rings. The predicted octanol–water partition coefficient (Wildman–Crippen LogP) is 3.18. The zero-order valence-corrected chi connectivity index (χ0v) is 22.7. The quantitative estimate of drug-likeness (QED) is 0.370. The first-order chi connectivity index (χ1) is 19.6. The number of piperazine rings is 1. The number of hydrogen-bond acceptors (Lipinski definition) is 9. The van der Waals surface area contributed by atoms with Gasteiger partial charge in [0, 0.05) is 43.2 Å². The molecule has 4 heterocycles. The number of amides is 1. The van der Waals surface area contributed by atoms with E-state index in [1.54, 1.807) is 37.3 Å². The largest absolute Gasteiger partial charge is 0.493 e. The number of furan rings is 1. The molecule has 0 bridgehead atoms. The van der Waals surface area contributed by atoms with Gasteiger partial charge in [-0.05, 0) is 47.5 Å². The number of tetrazole rings is 1. The Morgan fingerprint density at radius 1 is 1.05 bits per heavy atom. The van der Waals surface area contributed by atoms with E-state index in [-0.39, 0.29) is 17.5 Å². The van der Waals surface area contributed by atoms with E-state index in [0.29, 0.717) is 60.3 Å². The Kier molecular flexibility index (Phi) is 7.25. The third-order valence-corrected chi connectivity index (χ3v) is 8.05. The molecular formula is C28H33N7O5. The molecule has 1 saturated heterocycles. The Bertz CT molecular complexity index is 1530. The fourth-order valence-electron chi connectivity index (χ4n) is 5.96. The van der Waals surface area contributed by atoms with Crippen LogP contribution in [0.5, 0.6) is 11.5 Å². The number of fused-ring (bicyclic) bond motifs is 1. The maximum Gasteiger partial charge on any atom is 0.289 e. The number of benzene rings is 1. The molecule has 1 amide bonds. The highest BCUT2D eigenvalue weighted by atomic mass is 16.5. The minimum Gasteiger partial charge on any atom is -0.493 e. The van der Waals surface area contributed by atoms with Crippen molar-refractivity contribution < 1.29 is 18.7 Å². The maximum atomic E-state index is 13.7. The van der Waals surface area contributed by atoms with Gasteiger partial charge in [-0.1, -0.05) is 19.3 Å². The van der Waals surface area contributed by atoms with Gasteiger partial charge >= 0.3 is 0 Å². The van der Waals surface area contributed by atoms with Crippen LogP contribution in [0, 0.1) is 0 Å². The summed E-state index contributed by atoms with van der Waals surface area (Å²) in [4.78, 5) is 33.6. The highest BCUT2D eigenvalue weighted by molar-refractivity contribution is 5.91. The van der Waals surface area contributed by atoms with Crippen LogP contribution in [-0.4, -0.2) is 81.3 Å². The summed E-state index contributed by atoms with van der Waals surface area (Å²) >= 11 is 0. The maximum absolute atomic E-state index is 13.7. The molecule has 0 unspecified atom stereocenters. The van der Waals surface area contributed by atoms with Crippen LogP contribution in [0.25, 0.3) is 10.9 Å². The van der Waals surface area contributed by atoms with Crippen LogP contribution in [-0.2, 0) is 0 Å². The molecule has 4 aromatic rings. The van der Waals surface area contributed by atoms with Crippen molar-refractivity contribution in [3.63, 3.8) is 0 Å². The molecule has 1 N–H and O–H groups in total. The van der Waals surface area contributed by atoms with Crippen LogP contribution < -0.4 is 15.0 Å². The fraction of sp³-hybridized carbons (Fsp3) is 0.464. The molecule has 40 heavy (non-hydrogen) atoms. The Balaban J connectivity index is 1.39. The molecule has 0 radical (unpaired) electrons. The average Bonchev–Trinajstić information content (AvgIpc) is 3.71. The van der Waals surface area contributed by atoms with Gasteiger partial charge in [-0.15, -0.1) is 5.10 Å². The summed E-state index contributed by atoms with van der Waals surface area (Å²) in [5.74, 6) is 1.93. The van der Waals surface area contributed by atoms with E-state index in [9.17, 15) is 9.59 Å². The number of aromatic nitrogens is 5. The van der Waals surface area contributed by atoms with Crippen LogP contribution in [0.4, 0.5) is 0 Å². The van der Waals surface area contributed by atoms with Gasteiger partial charge in [-0.3, -0.25) is 14.5 Å². The summed E-state index contributed by atoms with van der Waals surface area (Å²) < 4.78 is 18.2. The first kappa shape index (κ1) is 26.1. The van der Waals surface area contributed by atoms with E-state index < -0.39 is 6.04 Å². The first-order valence-electron chi connectivity index (χ1n) is 13.7. The van der Waals surface area contributed by atoms with Crippen molar-refractivity contribution in [2.24, 2.45) is 0 Å². The van der Waals surface area contributed by atoms with Gasteiger partial charge in [-0.2, -0.15) is 0 Å². The number of ether oxygens (including phenoxy) is 2. The lowest BCUT2D eigenvalue weighted by atomic mass is 9.95. The highest BCUT2D eigenvalue weighted by Gasteiger charge is 2.35. The predicted molar refractivity (Wildman–Crippen MR) is 146 cm³/mol. The average molecular weight is 548 g/mol. The van der Waals surface area contributed by atoms with Gasteiger partial charge in [0.2, 0.25) is 0 Å². The molecule has 1 saturated carbocycles. The Morgan fingerprint density at radius 3 is 2.50 bits per heavy atom. The van der Waals surface area contributed by atoms with Crippen molar-refractivity contribution >= 4 is 16.8 Å². The molecule has 1 aliphatic heterocycles. The second kappa shape index (κ2) is 11.1. The number of H-pyrrole nitrogens is 1. The summed E-state index contributed by atoms with van der Waals surface area (Å²) in [5, 5.41) is 13.8. The summed E-state index contributed by atoms with van der Waals surface area (Å²) in [6, 6.07) is 8.58. The summed E-state index contributed by atoms with van der Waals surface area (Å²) in [6.07, 6.45) is 6.96. The second-order valence-electron chi connectivity index (χ2n) is 10.3. The minimum absolute atomic E-state index is 0.141. The van der Waals surface area contributed by atoms with Crippen LogP contribution >= 0.6 is 0 Å².